The first-order chi connectivity index (χ1) is 16.7. The molecule has 2 aromatic carbocycles. The van der Waals surface area contributed by atoms with E-state index in [0.717, 1.165) is 4.47 Å². The molecule has 4 rings (SSSR count). The van der Waals surface area contributed by atoms with Crippen molar-refractivity contribution < 1.29 is 14.9 Å². The third-order valence-corrected chi connectivity index (χ3v) is 5.76. The Morgan fingerprint density at radius 1 is 1.29 bits per heavy atom. The zero-order chi connectivity index (χ0) is 25.1. The number of benzene rings is 2. The Labute approximate surface area is 211 Å². The summed E-state index contributed by atoms with van der Waals surface area (Å²) >= 11 is 9.20. The summed E-state index contributed by atoms with van der Waals surface area (Å²) < 4.78 is 8.92. The molecule has 4 N–H and O–H groups in total. The number of ether oxygens (including phenoxy) is 1. The van der Waals surface area contributed by atoms with E-state index in [1.807, 2.05) is 0 Å². The Balaban J connectivity index is 1.63. The Bertz CT molecular complexity index is 1510. The molecule has 182 valence electrons. The van der Waals surface area contributed by atoms with Crippen molar-refractivity contribution in [3.63, 3.8) is 0 Å². The van der Waals surface area contributed by atoms with Crippen LogP contribution in [0.25, 0.3) is 11.2 Å². The second-order valence-electron chi connectivity index (χ2n) is 7.53. The minimum atomic E-state index is -1.04. The summed E-state index contributed by atoms with van der Waals surface area (Å²) in [4.78, 5) is 31.2. The van der Waals surface area contributed by atoms with Crippen LogP contribution in [-0.4, -0.2) is 48.2 Å². The number of H-pyrrole nitrogens is 1. The number of nitrogens with zero attached hydrogens (tertiary/aromatic N) is 4. The molecule has 0 fully saturated rings. The normalized spacial score (nSPS) is 12.3. The van der Waals surface area contributed by atoms with Crippen molar-refractivity contribution in [2.75, 3.05) is 12.0 Å². The summed E-state index contributed by atoms with van der Waals surface area (Å²) in [5, 5.41) is 25.3. The molecule has 0 aliphatic carbocycles. The van der Waals surface area contributed by atoms with Gasteiger partial charge in [-0.3, -0.25) is 14.3 Å². The number of nitrogens with one attached hydrogen (secondary N) is 2. The van der Waals surface area contributed by atoms with Crippen LogP contribution in [0.5, 0.6) is 11.5 Å². The number of aliphatic hydroxyl groups excluding tert-OH is 1. The van der Waals surface area contributed by atoms with Crippen LogP contribution in [0.3, 0.4) is 0 Å². The third-order valence-electron chi connectivity index (χ3n) is 5.01. The number of anilines is 1. The van der Waals surface area contributed by atoms with Gasteiger partial charge in [0.2, 0.25) is 5.95 Å². The van der Waals surface area contributed by atoms with Crippen molar-refractivity contribution >= 4 is 50.9 Å². The van der Waals surface area contributed by atoms with Crippen LogP contribution in [0.2, 0.25) is 5.02 Å². The van der Waals surface area contributed by atoms with Gasteiger partial charge in [0.25, 0.3) is 5.56 Å². The Kier molecular flexibility index (Phi) is 7.24. The van der Waals surface area contributed by atoms with Gasteiger partial charge in [0.15, 0.2) is 11.2 Å². The van der Waals surface area contributed by atoms with E-state index in [-0.39, 0.29) is 36.0 Å². The van der Waals surface area contributed by atoms with Crippen LogP contribution in [0.1, 0.15) is 5.56 Å². The highest BCUT2D eigenvalue weighted by Crippen LogP contribution is 2.21. The molecule has 0 radical (unpaired) electrons. The molecule has 0 bridgehead atoms. The van der Waals surface area contributed by atoms with Gasteiger partial charge in [0.1, 0.15) is 24.2 Å². The van der Waals surface area contributed by atoms with Gasteiger partial charge in [-0.1, -0.05) is 27.5 Å². The fourth-order valence-electron chi connectivity index (χ4n) is 3.27. The number of rotatable bonds is 8. The number of aliphatic hydroxyl groups is 1. The summed E-state index contributed by atoms with van der Waals surface area (Å²) in [7, 11) is 1.46. The number of imidazole rings is 1. The molecule has 35 heavy (non-hydrogen) atoms. The molecule has 11 nitrogen and oxygen atoms in total. The molecule has 2 heterocycles. The molecule has 0 amide bonds. The lowest BCUT2D eigenvalue weighted by Crippen LogP contribution is -2.30. The fourth-order valence-corrected chi connectivity index (χ4v) is 3.78. The van der Waals surface area contributed by atoms with E-state index in [4.69, 9.17) is 16.3 Å². The molecule has 0 saturated heterocycles. The number of hydrogen-bond donors (Lipinski definition) is 4. The van der Waals surface area contributed by atoms with E-state index in [2.05, 4.69) is 36.4 Å². The van der Waals surface area contributed by atoms with E-state index in [0.29, 0.717) is 16.3 Å². The van der Waals surface area contributed by atoms with E-state index in [9.17, 15) is 19.8 Å². The van der Waals surface area contributed by atoms with Crippen molar-refractivity contribution in [2.45, 2.75) is 12.6 Å². The molecule has 2 aromatic heterocycles. The second kappa shape index (κ2) is 10.3. The van der Waals surface area contributed by atoms with Crippen LogP contribution < -0.4 is 21.4 Å². The van der Waals surface area contributed by atoms with E-state index in [1.165, 1.54) is 28.5 Å². The van der Waals surface area contributed by atoms with Gasteiger partial charge in [-0.2, -0.15) is 10.1 Å². The lowest BCUT2D eigenvalue weighted by atomic mass is 10.2. The van der Waals surface area contributed by atoms with E-state index < -0.39 is 17.4 Å². The van der Waals surface area contributed by atoms with Gasteiger partial charge >= 0.3 is 5.69 Å². The number of fused-ring (bicyclic) bond motifs is 1. The average Bonchev–Trinajstić information content (AvgIpc) is 3.18. The first kappa shape index (κ1) is 24.5. The van der Waals surface area contributed by atoms with Crippen LogP contribution in [0, 0.1) is 0 Å². The topological polar surface area (TPSA) is 147 Å². The highest BCUT2D eigenvalue weighted by molar-refractivity contribution is 9.10. The molecule has 0 aliphatic rings. The largest absolute Gasteiger partial charge is 0.507 e. The second-order valence-corrected chi connectivity index (χ2v) is 8.88. The van der Waals surface area contributed by atoms with Crippen LogP contribution in [-0.2, 0) is 13.6 Å². The number of aromatic amines is 1. The maximum absolute atomic E-state index is 12.6. The lowest BCUT2D eigenvalue weighted by molar-refractivity contribution is 0.0938. The summed E-state index contributed by atoms with van der Waals surface area (Å²) in [6.07, 6.45) is 0.325. The summed E-state index contributed by atoms with van der Waals surface area (Å²) in [5.74, 6) is 0.629. The maximum atomic E-state index is 12.6. The average molecular weight is 564 g/mol. The van der Waals surface area contributed by atoms with E-state index in [1.54, 1.807) is 36.4 Å². The lowest BCUT2D eigenvalue weighted by Gasteiger charge is -2.15. The molecule has 1 atom stereocenters. The van der Waals surface area contributed by atoms with Crippen LogP contribution in [0.15, 0.2) is 61.6 Å². The van der Waals surface area contributed by atoms with Crippen LogP contribution >= 0.6 is 27.5 Å². The van der Waals surface area contributed by atoms with Crippen molar-refractivity contribution in [1.29, 1.82) is 0 Å². The molecule has 0 unspecified atom stereocenters. The standard InChI is InChI=1S/C22H20BrClN6O5/c1-29-19-18(20(33)27-22(29)34)30(10-15(31)11-35-16-5-3-14(24)4-6-16)21(26-19)28-25-9-12-8-13(23)2-7-17(12)32/h2-9,15,31-32H,10-11H2,1H3,(H,26,28)(H,27,33,34)/b25-9+/t15-/m1/s1. The fraction of sp³-hybridized carbons (Fsp3) is 0.182. The van der Waals surface area contributed by atoms with E-state index >= 15 is 0 Å². The first-order valence-corrected chi connectivity index (χ1v) is 11.4. The quantitative estimate of drug-likeness (QED) is 0.190. The summed E-state index contributed by atoms with van der Waals surface area (Å²) in [6, 6.07) is 11.5. The van der Waals surface area contributed by atoms with Crippen molar-refractivity contribution in [3.8, 4) is 11.5 Å². The zero-order valence-corrected chi connectivity index (χ0v) is 20.6. The molecule has 0 saturated carbocycles. The molecular formula is C22H20BrClN6O5. The third kappa shape index (κ3) is 5.56. The van der Waals surface area contributed by atoms with Crippen molar-refractivity contribution in [3.05, 3.63) is 78.4 Å². The zero-order valence-electron chi connectivity index (χ0n) is 18.3. The number of hydrazone groups is 1. The number of aryl methyl sites for hydroxylation is 1. The summed E-state index contributed by atoms with van der Waals surface area (Å²) in [5.41, 5.74) is 2.02. The van der Waals surface area contributed by atoms with Gasteiger partial charge in [0.05, 0.1) is 12.8 Å². The Morgan fingerprint density at radius 3 is 2.77 bits per heavy atom. The van der Waals surface area contributed by atoms with Gasteiger partial charge < -0.3 is 19.5 Å². The monoisotopic (exact) mass is 562 g/mol. The number of aromatic hydroxyl groups is 1. The molecule has 13 heteroatoms. The van der Waals surface area contributed by atoms with Gasteiger partial charge in [0, 0.05) is 22.1 Å². The Hall–Kier alpha value is -3.61. The number of phenolic OH excluding ortho intramolecular Hbond substituents is 1. The van der Waals surface area contributed by atoms with Gasteiger partial charge in [-0.15, -0.1) is 0 Å². The first-order valence-electron chi connectivity index (χ1n) is 10.3. The molecule has 0 aliphatic heterocycles. The number of phenols is 1. The minimum absolute atomic E-state index is 0.0147. The minimum Gasteiger partial charge on any atom is -0.507 e. The highest BCUT2D eigenvalue weighted by Gasteiger charge is 2.20. The van der Waals surface area contributed by atoms with Crippen LogP contribution in [0.4, 0.5) is 5.95 Å². The summed E-state index contributed by atoms with van der Waals surface area (Å²) in [6.45, 7) is -0.176. The smallest absolute Gasteiger partial charge is 0.329 e. The number of aromatic nitrogens is 4. The molecule has 0 spiro atoms. The molecule has 4 aromatic rings. The highest BCUT2D eigenvalue weighted by atomic mass is 79.9. The predicted octanol–water partition coefficient (Wildman–Crippen LogP) is 2.43. The van der Waals surface area contributed by atoms with Crippen molar-refractivity contribution in [1.82, 2.24) is 19.1 Å². The van der Waals surface area contributed by atoms with Gasteiger partial charge in [-0.25, -0.2) is 10.2 Å². The maximum Gasteiger partial charge on any atom is 0.329 e. The molecular weight excluding hydrogens is 544 g/mol. The predicted molar refractivity (Wildman–Crippen MR) is 136 cm³/mol. The SMILES string of the molecule is Cn1c(=O)[nH]c(=O)c2c1nc(N/N=C/c1cc(Br)ccc1O)n2C[C@@H](O)COc1ccc(Cl)cc1. The number of hydrogen-bond acceptors (Lipinski definition) is 8. The Morgan fingerprint density at radius 2 is 2.03 bits per heavy atom. The number of halogens is 2. The van der Waals surface area contributed by atoms with Gasteiger partial charge in [-0.05, 0) is 42.5 Å². The van der Waals surface area contributed by atoms with Crippen molar-refractivity contribution in [2.24, 2.45) is 12.1 Å².